The smallest absolute Gasteiger partial charge is 0.305 e. The minimum absolute atomic E-state index is 0.0146. The number of aliphatic hydroxyl groups excluding tert-OH is 2. The quantitative estimate of drug-likeness (QED) is 0.0320. The number of hydrogen-bond donors (Lipinski definition) is 3. The molecule has 0 radical (unpaired) electrons. The molecule has 0 rings (SSSR count). The first-order valence-electron chi connectivity index (χ1n) is 36.1. The first kappa shape index (κ1) is 77.3. The molecular formula is C73H141NO5. The lowest BCUT2D eigenvalue weighted by atomic mass is 10.0. The first-order valence-corrected chi connectivity index (χ1v) is 36.1. The number of aliphatic hydroxyl groups is 2. The number of esters is 1. The highest BCUT2D eigenvalue weighted by atomic mass is 16.5. The Balaban J connectivity index is 3.29. The molecule has 0 bridgehead atoms. The number of rotatable bonds is 68. The van der Waals surface area contributed by atoms with Gasteiger partial charge >= 0.3 is 5.97 Å². The van der Waals surface area contributed by atoms with E-state index in [4.69, 9.17) is 4.74 Å². The maximum atomic E-state index is 12.4. The Labute approximate surface area is 494 Å². The van der Waals surface area contributed by atoms with Gasteiger partial charge in [-0.2, -0.15) is 0 Å². The number of carbonyl (C=O) groups excluding carboxylic acids is 2. The number of amides is 1. The summed E-state index contributed by atoms with van der Waals surface area (Å²) in [6, 6.07) is -0.536. The second-order valence-electron chi connectivity index (χ2n) is 24.9. The third-order valence-corrected chi connectivity index (χ3v) is 17.0. The highest BCUT2D eigenvalue weighted by Gasteiger charge is 2.20. The molecule has 6 heteroatoms. The molecule has 1 amide bonds. The molecule has 79 heavy (non-hydrogen) atoms. The van der Waals surface area contributed by atoms with E-state index in [1.54, 1.807) is 0 Å². The second kappa shape index (κ2) is 68.8. The van der Waals surface area contributed by atoms with Crippen molar-refractivity contribution in [2.24, 2.45) is 0 Å². The fourth-order valence-corrected chi connectivity index (χ4v) is 11.5. The summed E-state index contributed by atoms with van der Waals surface area (Å²) in [5.74, 6) is -0.0170. The summed E-state index contributed by atoms with van der Waals surface area (Å²) in [5.41, 5.74) is 0. The normalized spacial score (nSPS) is 12.6. The van der Waals surface area contributed by atoms with Gasteiger partial charge in [-0.25, -0.2) is 0 Å². The van der Waals surface area contributed by atoms with Crippen LogP contribution in [0.5, 0.6) is 0 Å². The lowest BCUT2D eigenvalue weighted by molar-refractivity contribution is -0.143. The summed E-state index contributed by atoms with van der Waals surface area (Å²) >= 11 is 0. The van der Waals surface area contributed by atoms with E-state index >= 15 is 0 Å². The van der Waals surface area contributed by atoms with Crippen LogP contribution in [0.3, 0.4) is 0 Å². The van der Waals surface area contributed by atoms with Crippen LogP contribution < -0.4 is 5.32 Å². The Bertz CT molecular complexity index is 1230. The van der Waals surface area contributed by atoms with E-state index in [9.17, 15) is 19.8 Å². The average Bonchev–Trinajstić information content (AvgIpc) is 3.45. The minimum atomic E-state index is -0.658. The molecule has 6 nitrogen and oxygen atoms in total. The van der Waals surface area contributed by atoms with Gasteiger partial charge in [0.05, 0.1) is 25.4 Å². The first-order chi connectivity index (χ1) is 39.0. The number of nitrogens with one attached hydrogen (secondary N) is 1. The number of unbranched alkanes of at least 4 members (excludes halogenated alkanes) is 53. The summed E-state index contributed by atoms with van der Waals surface area (Å²) in [7, 11) is 0. The van der Waals surface area contributed by atoms with Crippen LogP contribution in [0.4, 0.5) is 0 Å². The van der Waals surface area contributed by atoms with Crippen LogP contribution in [0.25, 0.3) is 0 Å². The van der Waals surface area contributed by atoms with Gasteiger partial charge in [0.25, 0.3) is 0 Å². The van der Waals surface area contributed by atoms with Gasteiger partial charge in [0.1, 0.15) is 0 Å². The number of carbonyl (C=O) groups is 2. The van der Waals surface area contributed by atoms with Crippen LogP contribution in [0.2, 0.25) is 0 Å². The standard InChI is InChI=1S/C73H141NO5/c1-3-5-7-9-11-13-14-15-16-41-44-47-51-55-59-63-67-73(78)79-68-64-60-56-52-48-45-42-39-37-35-33-31-29-27-25-23-21-19-17-18-20-22-24-26-28-30-32-34-36-38-40-43-46-50-54-58-62-66-72(77)74-70(69-75)71(76)65-61-57-53-49-12-10-8-6-4-2/h16-17,19,41,70-71,75-76H,3-15,18,20-40,42-69H2,1-2H3,(H,74,77)/b19-17-,41-16-. The van der Waals surface area contributed by atoms with Crippen LogP contribution in [-0.2, 0) is 14.3 Å². The lowest BCUT2D eigenvalue weighted by Crippen LogP contribution is -2.45. The van der Waals surface area contributed by atoms with Crippen molar-refractivity contribution in [2.75, 3.05) is 13.2 Å². The molecule has 0 aromatic heterocycles. The molecule has 3 N–H and O–H groups in total. The molecule has 0 aliphatic rings. The molecule has 0 aromatic rings. The number of allylic oxidation sites excluding steroid dienone is 4. The zero-order valence-electron chi connectivity index (χ0n) is 53.6. The SMILES string of the molecule is CCCCCCCCC/C=C\CCCCCCCC(=O)OCCCCCCCCCCCCCCCCCC/C=C\CCCCCCCCCCCCCCCCCCCC(=O)NC(CO)C(O)CCCCCCCCCCC. The fraction of sp³-hybridized carbons (Fsp3) is 0.918. The van der Waals surface area contributed by atoms with Gasteiger partial charge in [0.15, 0.2) is 0 Å². The van der Waals surface area contributed by atoms with Crippen molar-refractivity contribution in [3.63, 3.8) is 0 Å². The zero-order chi connectivity index (χ0) is 57.1. The van der Waals surface area contributed by atoms with Crippen LogP contribution in [0.15, 0.2) is 24.3 Å². The van der Waals surface area contributed by atoms with Crippen molar-refractivity contribution in [2.45, 2.75) is 418 Å². The van der Waals surface area contributed by atoms with Gasteiger partial charge in [0.2, 0.25) is 5.91 Å². The predicted octanol–water partition coefficient (Wildman–Crippen LogP) is 23.3. The summed E-state index contributed by atoms with van der Waals surface area (Å²) < 4.78 is 5.50. The van der Waals surface area contributed by atoms with Gasteiger partial charge in [0, 0.05) is 12.8 Å². The summed E-state index contributed by atoms with van der Waals surface area (Å²) in [6.45, 7) is 4.96. The van der Waals surface area contributed by atoms with E-state index in [-0.39, 0.29) is 18.5 Å². The van der Waals surface area contributed by atoms with Gasteiger partial charge in [-0.15, -0.1) is 0 Å². The van der Waals surface area contributed by atoms with Gasteiger partial charge < -0.3 is 20.3 Å². The van der Waals surface area contributed by atoms with E-state index in [0.717, 1.165) is 44.9 Å². The van der Waals surface area contributed by atoms with Crippen molar-refractivity contribution in [1.82, 2.24) is 5.32 Å². The highest BCUT2D eigenvalue weighted by Crippen LogP contribution is 2.19. The Morgan fingerprint density at radius 3 is 0.899 bits per heavy atom. The molecular weight excluding hydrogens is 971 g/mol. The molecule has 0 aromatic carbocycles. The number of ether oxygens (including phenoxy) is 1. The highest BCUT2D eigenvalue weighted by molar-refractivity contribution is 5.76. The Morgan fingerprint density at radius 2 is 0.595 bits per heavy atom. The third-order valence-electron chi connectivity index (χ3n) is 17.0. The maximum Gasteiger partial charge on any atom is 0.305 e. The monoisotopic (exact) mass is 1110 g/mol. The summed E-state index contributed by atoms with van der Waals surface area (Å²) in [6.07, 6.45) is 86.9. The van der Waals surface area contributed by atoms with E-state index in [1.165, 1.54) is 327 Å². The Morgan fingerprint density at radius 1 is 0.342 bits per heavy atom. The average molecular weight is 1110 g/mol. The van der Waals surface area contributed by atoms with Crippen LogP contribution in [-0.4, -0.2) is 47.4 Å². The zero-order valence-corrected chi connectivity index (χ0v) is 53.6. The van der Waals surface area contributed by atoms with Crippen molar-refractivity contribution in [1.29, 1.82) is 0 Å². The molecule has 468 valence electrons. The van der Waals surface area contributed by atoms with E-state index in [0.29, 0.717) is 25.9 Å². The van der Waals surface area contributed by atoms with Crippen LogP contribution >= 0.6 is 0 Å². The summed E-state index contributed by atoms with van der Waals surface area (Å²) in [5, 5.41) is 23.1. The largest absolute Gasteiger partial charge is 0.466 e. The van der Waals surface area contributed by atoms with E-state index in [1.807, 2.05) is 0 Å². The summed E-state index contributed by atoms with van der Waals surface area (Å²) in [4.78, 5) is 24.5. The Hall–Kier alpha value is -1.66. The van der Waals surface area contributed by atoms with E-state index in [2.05, 4.69) is 43.5 Å². The van der Waals surface area contributed by atoms with Crippen LogP contribution in [0.1, 0.15) is 406 Å². The van der Waals surface area contributed by atoms with Crippen molar-refractivity contribution in [3.05, 3.63) is 24.3 Å². The van der Waals surface area contributed by atoms with Gasteiger partial charge in [-0.1, -0.05) is 340 Å². The number of hydrogen-bond acceptors (Lipinski definition) is 5. The molecule has 0 heterocycles. The molecule has 0 aliphatic carbocycles. The lowest BCUT2D eigenvalue weighted by Gasteiger charge is -2.22. The predicted molar refractivity (Wildman–Crippen MR) is 347 cm³/mol. The molecule has 2 unspecified atom stereocenters. The van der Waals surface area contributed by atoms with E-state index < -0.39 is 12.1 Å². The molecule has 0 spiro atoms. The molecule has 0 saturated heterocycles. The van der Waals surface area contributed by atoms with Crippen molar-refractivity contribution >= 4 is 11.9 Å². The molecule has 0 saturated carbocycles. The fourth-order valence-electron chi connectivity index (χ4n) is 11.5. The van der Waals surface area contributed by atoms with Crippen molar-refractivity contribution in [3.8, 4) is 0 Å². The third kappa shape index (κ3) is 65.4. The maximum absolute atomic E-state index is 12.4. The van der Waals surface area contributed by atoms with Gasteiger partial charge in [-0.3, -0.25) is 9.59 Å². The molecule has 2 atom stereocenters. The van der Waals surface area contributed by atoms with Crippen molar-refractivity contribution < 1.29 is 24.5 Å². The topological polar surface area (TPSA) is 95.9 Å². The molecule has 0 fully saturated rings. The Kier molecular flexibility index (Phi) is 67.4. The second-order valence-corrected chi connectivity index (χ2v) is 24.9. The minimum Gasteiger partial charge on any atom is -0.466 e. The van der Waals surface area contributed by atoms with Gasteiger partial charge in [-0.05, 0) is 77.0 Å². The molecule has 0 aliphatic heterocycles. The van der Waals surface area contributed by atoms with Crippen LogP contribution in [0, 0.1) is 0 Å².